The molecule has 1 aromatic carbocycles. The third-order valence-electron chi connectivity index (χ3n) is 5.55. The molecule has 136 valence electrons. The van der Waals surface area contributed by atoms with Crippen LogP contribution in [0, 0.1) is 0 Å². The number of unbranched alkanes of at least 4 members (excludes halogenated alkanes) is 1. The Morgan fingerprint density at radius 1 is 1.07 bits per heavy atom. The number of aromatic nitrogens is 5. The van der Waals surface area contributed by atoms with Gasteiger partial charge in [-0.05, 0) is 18.4 Å². The molecule has 0 saturated heterocycles. The molecule has 0 amide bonds. The first-order valence-electron chi connectivity index (χ1n) is 9.40. The highest BCUT2D eigenvalue weighted by Gasteiger charge is 2.31. The summed E-state index contributed by atoms with van der Waals surface area (Å²) in [6.07, 6.45) is 11.1. The Morgan fingerprint density at radius 2 is 1.93 bits per heavy atom. The first-order valence-corrected chi connectivity index (χ1v) is 9.40. The predicted molar refractivity (Wildman–Crippen MR) is 104 cm³/mol. The Hall–Kier alpha value is -3.15. The summed E-state index contributed by atoms with van der Waals surface area (Å²) in [5.74, 6) is 0.241. The Kier molecular flexibility index (Phi) is 3.70. The summed E-state index contributed by atoms with van der Waals surface area (Å²) >= 11 is 0. The third-order valence-corrected chi connectivity index (χ3v) is 5.55. The predicted octanol–water partition coefficient (Wildman–Crippen LogP) is 3.31. The van der Waals surface area contributed by atoms with Crippen LogP contribution < -0.4 is 5.56 Å². The number of imidazole rings is 2. The molecule has 1 atom stereocenters. The van der Waals surface area contributed by atoms with Crippen molar-refractivity contribution in [1.29, 1.82) is 0 Å². The van der Waals surface area contributed by atoms with Gasteiger partial charge in [-0.2, -0.15) is 0 Å². The molecule has 3 aromatic heterocycles. The van der Waals surface area contributed by atoms with Gasteiger partial charge in [-0.15, -0.1) is 0 Å². The van der Waals surface area contributed by atoms with E-state index in [0.29, 0.717) is 12.2 Å². The number of fused-ring (bicyclic) bond motifs is 5. The molecular formula is C21H21N5O. The zero-order valence-electron chi connectivity index (χ0n) is 15.2. The van der Waals surface area contributed by atoms with Gasteiger partial charge in [0.25, 0.3) is 5.56 Å². The molecule has 0 spiro atoms. The zero-order valence-corrected chi connectivity index (χ0v) is 15.2. The molecule has 1 aliphatic carbocycles. The van der Waals surface area contributed by atoms with Gasteiger partial charge in [-0.3, -0.25) is 9.20 Å². The van der Waals surface area contributed by atoms with Gasteiger partial charge in [0.1, 0.15) is 0 Å². The van der Waals surface area contributed by atoms with Crippen LogP contribution in [0.4, 0.5) is 0 Å². The number of aryl methyl sites for hydroxylation is 1. The molecule has 4 aromatic rings. The highest BCUT2D eigenvalue weighted by Crippen LogP contribution is 2.43. The minimum absolute atomic E-state index is 0.00900. The monoisotopic (exact) mass is 359 g/mol. The second-order valence-electron chi connectivity index (χ2n) is 7.13. The largest absolute Gasteiger partial charge is 0.337 e. The Labute approximate surface area is 156 Å². The molecule has 0 fully saturated rings. The van der Waals surface area contributed by atoms with Crippen molar-refractivity contribution >= 4 is 5.65 Å². The van der Waals surface area contributed by atoms with E-state index in [4.69, 9.17) is 0 Å². The van der Waals surface area contributed by atoms with Crippen molar-refractivity contribution in [2.24, 2.45) is 0 Å². The standard InChI is InChI=1S/C21H21N5O/c1-15-16-6-2-3-7-17(16)19-18(15)25-13-9-23-20(25)21(27)26(19)11-5-4-10-24-12-8-22-14-24/h2-3,6-9,12-15H,4-5,10-11H2,1H3. The van der Waals surface area contributed by atoms with E-state index in [-0.39, 0.29) is 11.5 Å². The van der Waals surface area contributed by atoms with Crippen LogP contribution in [-0.4, -0.2) is 23.5 Å². The molecule has 6 nitrogen and oxygen atoms in total. The molecule has 27 heavy (non-hydrogen) atoms. The van der Waals surface area contributed by atoms with Crippen molar-refractivity contribution in [1.82, 2.24) is 23.5 Å². The highest BCUT2D eigenvalue weighted by molar-refractivity contribution is 5.76. The molecule has 0 saturated carbocycles. The van der Waals surface area contributed by atoms with E-state index in [9.17, 15) is 4.79 Å². The summed E-state index contributed by atoms with van der Waals surface area (Å²) in [7, 11) is 0. The summed E-state index contributed by atoms with van der Waals surface area (Å²) in [4.78, 5) is 21.6. The van der Waals surface area contributed by atoms with Crippen molar-refractivity contribution in [2.45, 2.75) is 38.8 Å². The van der Waals surface area contributed by atoms with Gasteiger partial charge in [0.05, 0.1) is 17.7 Å². The van der Waals surface area contributed by atoms with Gasteiger partial charge in [-0.25, -0.2) is 9.97 Å². The van der Waals surface area contributed by atoms with Crippen LogP contribution >= 0.6 is 0 Å². The normalized spacial score (nSPS) is 15.2. The van der Waals surface area contributed by atoms with E-state index in [0.717, 1.165) is 30.8 Å². The number of hydrogen-bond acceptors (Lipinski definition) is 3. The lowest BCUT2D eigenvalue weighted by Crippen LogP contribution is -2.26. The van der Waals surface area contributed by atoms with Crippen LogP contribution in [0.1, 0.15) is 36.9 Å². The van der Waals surface area contributed by atoms with Gasteiger partial charge in [0.2, 0.25) is 5.65 Å². The van der Waals surface area contributed by atoms with Gasteiger partial charge >= 0.3 is 0 Å². The minimum atomic E-state index is -0.00900. The molecule has 0 radical (unpaired) electrons. The fourth-order valence-electron chi connectivity index (χ4n) is 4.26. The molecule has 3 heterocycles. The van der Waals surface area contributed by atoms with E-state index in [1.807, 2.05) is 33.8 Å². The number of rotatable bonds is 5. The van der Waals surface area contributed by atoms with Gasteiger partial charge < -0.3 is 9.13 Å². The Morgan fingerprint density at radius 3 is 2.78 bits per heavy atom. The molecule has 0 bridgehead atoms. The van der Waals surface area contributed by atoms with E-state index in [1.165, 1.54) is 11.1 Å². The Balaban J connectivity index is 1.56. The van der Waals surface area contributed by atoms with Crippen LogP contribution in [0.2, 0.25) is 0 Å². The van der Waals surface area contributed by atoms with Crippen LogP contribution in [0.3, 0.4) is 0 Å². The topological polar surface area (TPSA) is 57.1 Å². The summed E-state index contributed by atoms with van der Waals surface area (Å²) in [5, 5.41) is 0. The molecule has 0 aliphatic heterocycles. The molecule has 1 aliphatic rings. The SMILES string of the molecule is CC1c2ccccc2-c2c1n1ccnc1c(=O)n2CCCCn1ccnc1. The summed E-state index contributed by atoms with van der Waals surface area (Å²) in [6.45, 7) is 3.81. The smallest absolute Gasteiger partial charge is 0.294 e. The molecule has 5 rings (SSSR count). The number of benzene rings is 1. The third kappa shape index (κ3) is 2.44. The number of hydrogen-bond donors (Lipinski definition) is 0. The Bertz CT molecular complexity index is 1170. The highest BCUT2D eigenvalue weighted by atomic mass is 16.1. The van der Waals surface area contributed by atoms with Crippen molar-refractivity contribution in [3.8, 4) is 11.3 Å². The van der Waals surface area contributed by atoms with Crippen molar-refractivity contribution in [2.75, 3.05) is 0 Å². The maximum atomic E-state index is 13.2. The average Bonchev–Trinajstić information content (AvgIpc) is 3.41. The van der Waals surface area contributed by atoms with Crippen molar-refractivity contribution in [3.05, 3.63) is 77.0 Å². The molecule has 6 heteroatoms. The lowest BCUT2D eigenvalue weighted by molar-refractivity contribution is 0.545. The van der Waals surface area contributed by atoms with Gasteiger partial charge in [0.15, 0.2) is 0 Å². The van der Waals surface area contributed by atoms with Gasteiger partial charge in [-0.1, -0.05) is 31.2 Å². The average molecular weight is 359 g/mol. The minimum Gasteiger partial charge on any atom is -0.337 e. The second kappa shape index (κ2) is 6.23. The second-order valence-corrected chi connectivity index (χ2v) is 7.13. The van der Waals surface area contributed by atoms with Crippen LogP contribution in [-0.2, 0) is 13.1 Å². The van der Waals surface area contributed by atoms with Crippen molar-refractivity contribution in [3.63, 3.8) is 0 Å². The summed E-state index contributed by atoms with van der Waals surface area (Å²) < 4.78 is 5.99. The van der Waals surface area contributed by atoms with Crippen molar-refractivity contribution < 1.29 is 0 Å². The quantitative estimate of drug-likeness (QED) is 0.514. The fraction of sp³-hybridized carbons (Fsp3) is 0.286. The summed E-state index contributed by atoms with van der Waals surface area (Å²) in [5.41, 5.74) is 5.17. The number of nitrogens with zero attached hydrogens (tertiary/aromatic N) is 5. The molecule has 1 unspecified atom stereocenters. The van der Waals surface area contributed by atoms with E-state index in [2.05, 4.69) is 39.7 Å². The van der Waals surface area contributed by atoms with Crippen LogP contribution in [0.5, 0.6) is 0 Å². The zero-order chi connectivity index (χ0) is 18.4. The maximum Gasteiger partial charge on any atom is 0.294 e. The first-order chi connectivity index (χ1) is 13.3. The van der Waals surface area contributed by atoms with Crippen LogP contribution in [0.25, 0.3) is 16.9 Å². The lowest BCUT2D eigenvalue weighted by Gasteiger charge is -2.16. The molecule has 0 N–H and O–H groups in total. The first kappa shape index (κ1) is 16.1. The fourth-order valence-corrected chi connectivity index (χ4v) is 4.26. The summed E-state index contributed by atoms with van der Waals surface area (Å²) in [6, 6.07) is 8.41. The van der Waals surface area contributed by atoms with E-state index in [1.54, 1.807) is 12.4 Å². The maximum absolute atomic E-state index is 13.2. The van der Waals surface area contributed by atoms with Crippen LogP contribution in [0.15, 0.2) is 60.2 Å². The van der Waals surface area contributed by atoms with Gasteiger partial charge in [0, 0.05) is 49.4 Å². The molecular weight excluding hydrogens is 338 g/mol. The van der Waals surface area contributed by atoms with E-state index < -0.39 is 0 Å². The van der Waals surface area contributed by atoms with E-state index >= 15 is 0 Å². The lowest BCUT2D eigenvalue weighted by atomic mass is 10.0.